The number of benzene rings is 2. The lowest BCUT2D eigenvalue weighted by Crippen LogP contribution is -2.36. The topological polar surface area (TPSA) is 83.6 Å². The lowest BCUT2D eigenvalue weighted by Gasteiger charge is -2.28. The average molecular weight is 437 g/mol. The van der Waals surface area contributed by atoms with Crippen LogP contribution in [0.3, 0.4) is 0 Å². The van der Waals surface area contributed by atoms with Crippen molar-refractivity contribution in [3.63, 3.8) is 0 Å². The van der Waals surface area contributed by atoms with E-state index in [4.69, 9.17) is 0 Å². The molecule has 0 bridgehead atoms. The van der Waals surface area contributed by atoms with Crippen LogP contribution < -0.4 is 4.72 Å². The van der Waals surface area contributed by atoms with Crippen LogP contribution in [0.25, 0.3) is 0 Å². The van der Waals surface area contributed by atoms with Gasteiger partial charge in [-0.3, -0.25) is 4.72 Å². The van der Waals surface area contributed by atoms with E-state index in [2.05, 4.69) is 25.5 Å². The van der Waals surface area contributed by atoms with Gasteiger partial charge in [-0.05, 0) is 59.7 Å². The summed E-state index contributed by atoms with van der Waals surface area (Å²) < 4.78 is 54.0. The van der Waals surface area contributed by atoms with Crippen molar-refractivity contribution in [3.05, 3.63) is 59.2 Å². The second-order valence-electron chi connectivity index (χ2n) is 8.35. The molecular weight excluding hydrogens is 408 g/mol. The first-order valence-electron chi connectivity index (χ1n) is 9.65. The van der Waals surface area contributed by atoms with Crippen LogP contribution in [-0.4, -0.2) is 33.4 Å². The van der Waals surface area contributed by atoms with Gasteiger partial charge in [0, 0.05) is 18.8 Å². The van der Waals surface area contributed by atoms with Crippen molar-refractivity contribution in [1.29, 1.82) is 0 Å². The first kappa shape index (κ1) is 21.8. The Morgan fingerprint density at radius 2 is 1.62 bits per heavy atom. The van der Waals surface area contributed by atoms with Crippen LogP contribution in [0.2, 0.25) is 0 Å². The summed E-state index contributed by atoms with van der Waals surface area (Å²) in [6.07, 6.45) is 0.621. The van der Waals surface area contributed by atoms with Gasteiger partial charge in [-0.25, -0.2) is 16.8 Å². The molecule has 0 radical (unpaired) electrons. The smallest absolute Gasteiger partial charge is 0.261 e. The van der Waals surface area contributed by atoms with E-state index >= 15 is 0 Å². The van der Waals surface area contributed by atoms with E-state index in [1.807, 2.05) is 18.2 Å². The zero-order valence-electron chi connectivity index (χ0n) is 17.3. The maximum atomic E-state index is 12.8. The lowest BCUT2D eigenvalue weighted by atomic mass is 9.87. The lowest BCUT2D eigenvalue weighted by molar-refractivity contribution is 0.392. The third-order valence-electron chi connectivity index (χ3n) is 5.22. The zero-order chi connectivity index (χ0) is 21.4. The van der Waals surface area contributed by atoms with E-state index in [1.54, 1.807) is 31.2 Å². The predicted octanol–water partition coefficient (Wildman–Crippen LogP) is 3.49. The third kappa shape index (κ3) is 4.82. The molecule has 0 amide bonds. The highest BCUT2D eigenvalue weighted by Gasteiger charge is 2.26. The van der Waals surface area contributed by atoms with Crippen LogP contribution in [0.15, 0.2) is 47.4 Å². The van der Waals surface area contributed by atoms with Crippen molar-refractivity contribution in [2.24, 2.45) is 0 Å². The summed E-state index contributed by atoms with van der Waals surface area (Å²) in [6, 6.07) is 12.2. The van der Waals surface area contributed by atoms with Crippen LogP contribution >= 0.6 is 0 Å². The van der Waals surface area contributed by atoms with Crippen molar-refractivity contribution in [2.75, 3.05) is 17.0 Å². The molecule has 0 fully saturated rings. The van der Waals surface area contributed by atoms with E-state index in [1.165, 1.54) is 4.31 Å². The van der Waals surface area contributed by atoms with Crippen molar-refractivity contribution in [3.8, 4) is 0 Å². The average Bonchev–Trinajstić information content (AvgIpc) is 2.66. The normalized spacial score (nSPS) is 15.7. The highest BCUT2D eigenvalue weighted by Crippen LogP contribution is 2.27. The van der Waals surface area contributed by atoms with Crippen molar-refractivity contribution < 1.29 is 16.8 Å². The molecule has 1 aliphatic heterocycles. The first-order chi connectivity index (χ1) is 13.4. The molecule has 29 heavy (non-hydrogen) atoms. The van der Waals surface area contributed by atoms with E-state index in [-0.39, 0.29) is 22.6 Å². The second-order valence-corrected chi connectivity index (χ2v) is 12.3. The molecule has 8 heteroatoms. The molecular formula is C21H28N2O4S2. The van der Waals surface area contributed by atoms with Gasteiger partial charge in [0.15, 0.2) is 0 Å². The monoisotopic (exact) mass is 436 g/mol. The Bertz CT molecular complexity index is 1100. The molecule has 3 rings (SSSR count). The minimum Gasteiger partial charge on any atom is -0.280 e. The molecule has 2 aromatic carbocycles. The Morgan fingerprint density at radius 1 is 0.966 bits per heavy atom. The molecule has 158 valence electrons. The van der Waals surface area contributed by atoms with Crippen molar-refractivity contribution in [2.45, 2.75) is 51.0 Å². The van der Waals surface area contributed by atoms with Crippen LogP contribution in [0.4, 0.5) is 5.69 Å². The number of nitrogens with one attached hydrogen (secondary N) is 1. The van der Waals surface area contributed by atoms with Gasteiger partial charge in [0.25, 0.3) is 10.0 Å². The first-order valence-corrected chi connectivity index (χ1v) is 12.7. The highest BCUT2D eigenvalue weighted by atomic mass is 32.2. The maximum Gasteiger partial charge on any atom is 0.261 e. The van der Waals surface area contributed by atoms with Gasteiger partial charge >= 0.3 is 0 Å². The molecule has 1 heterocycles. The van der Waals surface area contributed by atoms with E-state index in [9.17, 15) is 16.8 Å². The Hall–Kier alpha value is -1.90. The van der Waals surface area contributed by atoms with Gasteiger partial charge in [-0.2, -0.15) is 4.31 Å². The second kappa shape index (κ2) is 7.74. The minimum atomic E-state index is -3.73. The fourth-order valence-corrected chi connectivity index (χ4v) is 5.48. The maximum absolute atomic E-state index is 12.8. The number of sulfonamides is 2. The van der Waals surface area contributed by atoms with E-state index < -0.39 is 20.0 Å². The summed E-state index contributed by atoms with van der Waals surface area (Å²) in [5, 5.41) is 0. The van der Waals surface area contributed by atoms with Gasteiger partial charge in [-0.15, -0.1) is 0 Å². The van der Waals surface area contributed by atoms with Crippen LogP contribution in [0, 0.1) is 0 Å². The number of anilines is 1. The fraction of sp³-hybridized carbons (Fsp3) is 0.429. The summed E-state index contributed by atoms with van der Waals surface area (Å²) in [4.78, 5) is 0.193. The van der Waals surface area contributed by atoms with E-state index in [0.29, 0.717) is 18.7 Å². The molecule has 0 saturated carbocycles. The number of fused-ring (bicyclic) bond motifs is 1. The Morgan fingerprint density at radius 3 is 2.21 bits per heavy atom. The molecule has 2 aromatic rings. The van der Waals surface area contributed by atoms with Gasteiger partial charge in [0.05, 0.1) is 10.6 Å². The van der Waals surface area contributed by atoms with Gasteiger partial charge in [-0.1, -0.05) is 39.0 Å². The summed E-state index contributed by atoms with van der Waals surface area (Å²) in [5.74, 6) is 0.0548. The van der Waals surface area contributed by atoms with Crippen LogP contribution in [0.1, 0.15) is 44.4 Å². The van der Waals surface area contributed by atoms with Crippen LogP contribution in [0.5, 0.6) is 0 Å². The Kier molecular flexibility index (Phi) is 5.82. The number of hydrogen-bond donors (Lipinski definition) is 1. The molecule has 0 aromatic heterocycles. The standard InChI is InChI=1S/C21H28N2O4S2/c1-5-28(24,25)23-13-12-16-6-9-19(14-17(16)15-23)22-29(26,27)20-10-7-18(8-11-20)21(2,3)4/h6-11,14,22H,5,12-13,15H2,1-4H3. The summed E-state index contributed by atoms with van der Waals surface area (Å²) in [5.41, 5.74) is 3.31. The van der Waals surface area contributed by atoms with E-state index in [0.717, 1.165) is 16.7 Å². The summed E-state index contributed by atoms with van der Waals surface area (Å²) in [7, 11) is -7.01. The van der Waals surface area contributed by atoms with Crippen LogP contribution in [-0.2, 0) is 38.4 Å². The molecule has 0 aliphatic carbocycles. The highest BCUT2D eigenvalue weighted by molar-refractivity contribution is 7.92. The molecule has 0 spiro atoms. The minimum absolute atomic E-state index is 0.0548. The molecule has 1 N–H and O–H groups in total. The van der Waals surface area contributed by atoms with Gasteiger partial charge in [0.1, 0.15) is 0 Å². The zero-order valence-corrected chi connectivity index (χ0v) is 18.9. The third-order valence-corrected chi connectivity index (χ3v) is 8.45. The molecule has 0 atom stereocenters. The summed E-state index contributed by atoms with van der Waals surface area (Å²) in [6.45, 7) is 8.56. The molecule has 0 saturated heterocycles. The molecule has 6 nitrogen and oxygen atoms in total. The molecule has 1 aliphatic rings. The van der Waals surface area contributed by atoms with Crippen molar-refractivity contribution in [1.82, 2.24) is 4.31 Å². The Balaban J connectivity index is 1.83. The number of hydrogen-bond acceptors (Lipinski definition) is 4. The fourth-order valence-electron chi connectivity index (χ4n) is 3.36. The van der Waals surface area contributed by atoms with Gasteiger partial charge in [0.2, 0.25) is 10.0 Å². The number of nitrogens with zero attached hydrogens (tertiary/aromatic N) is 1. The molecule has 0 unspecified atom stereocenters. The van der Waals surface area contributed by atoms with Crippen molar-refractivity contribution >= 4 is 25.7 Å². The summed E-state index contributed by atoms with van der Waals surface area (Å²) >= 11 is 0. The number of rotatable bonds is 5. The van der Waals surface area contributed by atoms with Gasteiger partial charge < -0.3 is 0 Å². The quantitative estimate of drug-likeness (QED) is 0.778. The Labute approximate surface area is 174 Å². The SMILES string of the molecule is CCS(=O)(=O)N1CCc2ccc(NS(=O)(=O)c3ccc(C(C)(C)C)cc3)cc2C1. The predicted molar refractivity (Wildman–Crippen MR) is 116 cm³/mol. The largest absolute Gasteiger partial charge is 0.280 e.